The van der Waals surface area contributed by atoms with Crippen LogP contribution >= 0.6 is 7.60 Å². The summed E-state index contributed by atoms with van der Waals surface area (Å²) in [5.74, 6) is -1.70. The van der Waals surface area contributed by atoms with Gasteiger partial charge in [0.05, 0.1) is 0 Å². The summed E-state index contributed by atoms with van der Waals surface area (Å²) in [5.41, 5.74) is 4.89. The molecule has 1 unspecified atom stereocenters. The van der Waals surface area contributed by atoms with Crippen LogP contribution in [-0.4, -0.2) is 20.7 Å². The molecule has 5 heteroatoms. The molecule has 0 aliphatic heterocycles. The fourth-order valence-electron chi connectivity index (χ4n) is 2.32. The highest BCUT2D eigenvalue weighted by atomic mass is 31.2. The molecule has 0 bridgehead atoms. The molecule has 0 saturated heterocycles. The summed E-state index contributed by atoms with van der Waals surface area (Å²) in [6.07, 6.45) is 13.8. The molecule has 0 amide bonds. The van der Waals surface area contributed by atoms with E-state index >= 15 is 0 Å². The second kappa shape index (κ2) is 12.4. The number of aliphatic hydroxyl groups is 1. The molecular weight excluding hydrogens is 335 g/mol. The zero-order valence-corrected chi connectivity index (χ0v) is 17.2. The molecule has 0 aromatic heterocycles. The average Bonchev–Trinajstić information content (AvgIpc) is 2.45. The lowest BCUT2D eigenvalue weighted by Crippen LogP contribution is -2.03. The lowest BCUT2D eigenvalue weighted by atomic mass is 10.0. The fourth-order valence-corrected chi connectivity index (χ4v) is 2.77. The Kier molecular flexibility index (Phi) is 12.0. The summed E-state index contributed by atoms with van der Waals surface area (Å²) < 4.78 is 10.9. The van der Waals surface area contributed by atoms with Crippen molar-refractivity contribution in [3.05, 3.63) is 46.6 Å². The van der Waals surface area contributed by atoms with Crippen LogP contribution in [0.25, 0.3) is 0 Å². The molecule has 0 radical (unpaired) electrons. The van der Waals surface area contributed by atoms with E-state index in [4.69, 9.17) is 9.79 Å². The van der Waals surface area contributed by atoms with Gasteiger partial charge in [-0.05, 0) is 79.2 Å². The highest BCUT2D eigenvalue weighted by Gasteiger charge is 2.23. The van der Waals surface area contributed by atoms with Gasteiger partial charge in [-0.2, -0.15) is 0 Å². The quantitative estimate of drug-likeness (QED) is 0.325. The van der Waals surface area contributed by atoms with Crippen molar-refractivity contribution in [1.29, 1.82) is 0 Å². The van der Waals surface area contributed by atoms with Crippen LogP contribution in [0.15, 0.2) is 46.6 Å². The first kappa shape index (κ1) is 24.1. The van der Waals surface area contributed by atoms with Crippen LogP contribution in [0.5, 0.6) is 0 Å². The van der Waals surface area contributed by atoms with Crippen LogP contribution in [0.2, 0.25) is 0 Å². The van der Waals surface area contributed by atoms with Crippen molar-refractivity contribution in [2.24, 2.45) is 0 Å². The van der Waals surface area contributed by atoms with E-state index in [9.17, 15) is 9.67 Å². The van der Waals surface area contributed by atoms with Gasteiger partial charge in [-0.1, -0.05) is 40.5 Å². The summed E-state index contributed by atoms with van der Waals surface area (Å²) in [6, 6.07) is 0. The lowest BCUT2D eigenvalue weighted by molar-refractivity contribution is 0.237. The van der Waals surface area contributed by atoms with E-state index in [1.165, 1.54) is 22.8 Å². The maximum absolute atomic E-state index is 10.9. The van der Waals surface area contributed by atoms with Crippen molar-refractivity contribution >= 4 is 7.60 Å². The number of aliphatic hydroxyl groups excluding tert-OH is 1. The van der Waals surface area contributed by atoms with Gasteiger partial charge in [0.1, 0.15) is 0 Å². The maximum Gasteiger partial charge on any atom is 0.357 e. The number of hydrogen-bond donors (Lipinski definition) is 3. The summed E-state index contributed by atoms with van der Waals surface area (Å²) in [5, 5.41) is 9.36. The van der Waals surface area contributed by atoms with Crippen molar-refractivity contribution in [2.45, 2.75) is 79.0 Å². The standard InChI is InChI=1S/C20H35O4P/c1-16(2)9-6-10-17(3)11-7-12-18(4)13-8-14-19(5)15-20(21)25(22,23)24/h9,11,13,15,20-21H,6-8,10,12,14H2,1-5H3,(H2,22,23,24). The Labute approximate surface area is 153 Å². The van der Waals surface area contributed by atoms with E-state index in [0.717, 1.165) is 37.7 Å². The van der Waals surface area contributed by atoms with Gasteiger partial charge in [0.25, 0.3) is 0 Å². The predicted molar refractivity (Wildman–Crippen MR) is 106 cm³/mol. The average molecular weight is 370 g/mol. The van der Waals surface area contributed by atoms with Gasteiger partial charge in [0.15, 0.2) is 5.85 Å². The minimum Gasteiger partial charge on any atom is -0.377 e. The van der Waals surface area contributed by atoms with Crippen molar-refractivity contribution in [1.82, 2.24) is 0 Å². The minimum absolute atomic E-state index is 0.686. The van der Waals surface area contributed by atoms with Crippen molar-refractivity contribution in [3.63, 3.8) is 0 Å². The number of allylic oxidation sites excluding steroid dienone is 7. The molecule has 0 heterocycles. The van der Waals surface area contributed by atoms with Gasteiger partial charge in [0.2, 0.25) is 0 Å². The van der Waals surface area contributed by atoms with Crippen LogP contribution in [-0.2, 0) is 4.57 Å². The molecule has 0 aliphatic rings. The molecular formula is C20H35O4P. The minimum atomic E-state index is -4.45. The molecule has 0 rings (SSSR count). The summed E-state index contributed by atoms with van der Waals surface area (Å²) in [4.78, 5) is 17.7. The van der Waals surface area contributed by atoms with E-state index in [1.54, 1.807) is 6.92 Å². The third kappa shape index (κ3) is 14.0. The van der Waals surface area contributed by atoms with Crippen LogP contribution in [0.3, 0.4) is 0 Å². The third-order valence-electron chi connectivity index (χ3n) is 3.93. The molecule has 0 aromatic carbocycles. The van der Waals surface area contributed by atoms with Gasteiger partial charge >= 0.3 is 7.60 Å². The molecule has 1 atom stereocenters. The van der Waals surface area contributed by atoms with Crippen molar-refractivity contribution < 1.29 is 19.5 Å². The molecule has 144 valence electrons. The van der Waals surface area contributed by atoms with Crippen LogP contribution in [0, 0.1) is 0 Å². The molecule has 4 nitrogen and oxygen atoms in total. The summed E-state index contributed by atoms with van der Waals surface area (Å²) >= 11 is 0. The molecule has 0 spiro atoms. The Morgan fingerprint density at radius 1 is 0.800 bits per heavy atom. The molecule has 0 aliphatic carbocycles. The highest BCUT2D eigenvalue weighted by molar-refractivity contribution is 7.52. The lowest BCUT2D eigenvalue weighted by Gasteiger charge is -2.09. The van der Waals surface area contributed by atoms with E-state index in [0.29, 0.717) is 6.42 Å². The van der Waals surface area contributed by atoms with Gasteiger partial charge < -0.3 is 14.9 Å². The highest BCUT2D eigenvalue weighted by Crippen LogP contribution is 2.40. The fraction of sp³-hybridized carbons (Fsp3) is 0.600. The van der Waals surface area contributed by atoms with Crippen molar-refractivity contribution in [3.8, 4) is 0 Å². The monoisotopic (exact) mass is 370 g/mol. The smallest absolute Gasteiger partial charge is 0.357 e. The number of hydrogen-bond acceptors (Lipinski definition) is 2. The van der Waals surface area contributed by atoms with Gasteiger partial charge in [-0.15, -0.1) is 0 Å². The van der Waals surface area contributed by atoms with Crippen molar-refractivity contribution in [2.75, 3.05) is 0 Å². The Balaban J connectivity index is 4.20. The van der Waals surface area contributed by atoms with Gasteiger partial charge in [-0.3, -0.25) is 4.57 Å². The predicted octanol–water partition coefficient (Wildman–Crippen LogP) is 5.63. The largest absolute Gasteiger partial charge is 0.377 e. The zero-order chi connectivity index (χ0) is 19.5. The van der Waals surface area contributed by atoms with Crippen LogP contribution in [0.1, 0.15) is 73.1 Å². The molecule has 3 N–H and O–H groups in total. The molecule has 0 saturated carbocycles. The topological polar surface area (TPSA) is 77.8 Å². The van der Waals surface area contributed by atoms with E-state index in [1.807, 2.05) is 0 Å². The zero-order valence-electron chi connectivity index (χ0n) is 16.3. The van der Waals surface area contributed by atoms with Gasteiger partial charge in [-0.25, -0.2) is 0 Å². The number of rotatable bonds is 11. The molecule has 0 aromatic rings. The van der Waals surface area contributed by atoms with Crippen LogP contribution in [0.4, 0.5) is 0 Å². The molecule has 25 heavy (non-hydrogen) atoms. The Hall–Kier alpha value is -0.930. The normalized spacial score (nSPS) is 15.3. The van der Waals surface area contributed by atoms with E-state index < -0.39 is 13.4 Å². The first-order valence-electron chi connectivity index (χ1n) is 8.87. The second-order valence-electron chi connectivity index (χ2n) is 7.01. The molecule has 0 fully saturated rings. The maximum atomic E-state index is 10.9. The Morgan fingerprint density at radius 3 is 1.60 bits per heavy atom. The Bertz CT molecular complexity index is 560. The third-order valence-corrected chi connectivity index (χ3v) is 4.77. The first-order chi connectivity index (χ1) is 11.5. The van der Waals surface area contributed by atoms with Gasteiger partial charge in [0, 0.05) is 0 Å². The first-order valence-corrected chi connectivity index (χ1v) is 10.6. The summed E-state index contributed by atoms with van der Waals surface area (Å²) in [7, 11) is -4.45. The SMILES string of the molecule is CC(C)=CCCC(C)=CCCC(C)=CCCC(C)=CC(O)P(=O)(O)O. The van der Waals surface area contributed by atoms with E-state index in [-0.39, 0.29) is 0 Å². The van der Waals surface area contributed by atoms with E-state index in [2.05, 4.69) is 45.9 Å². The summed E-state index contributed by atoms with van der Waals surface area (Å²) in [6.45, 7) is 10.3. The van der Waals surface area contributed by atoms with Crippen LogP contribution < -0.4 is 0 Å². The second-order valence-corrected chi connectivity index (χ2v) is 8.72. The Morgan fingerprint density at radius 2 is 1.20 bits per heavy atom.